The summed E-state index contributed by atoms with van der Waals surface area (Å²) in [5, 5.41) is 14.4. The summed E-state index contributed by atoms with van der Waals surface area (Å²) in [4.78, 5) is 8.95. The number of likely N-dealkylation sites (N-methyl/N-ethyl adjacent to an activating group) is 1. The van der Waals surface area contributed by atoms with E-state index in [1.807, 2.05) is 18.2 Å². The fraction of sp³-hybridized carbons (Fsp3) is 0.706. The number of aliphatic hydroxyl groups is 1. The van der Waals surface area contributed by atoms with Gasteiger partial charge in [0.15, 0.2) is 6.29 Å². The van der Waals surface area contributed by atoms with Crippen molar-refractivity contribution in [3.8, 4) is 0 Å². The van der Waals surface area contributed by atoms with Gasteiger partial charge in [-0.2, -0.15) is 0 Å². The van der Waals surface area contributed by atoms with E-state index >= 15 is 0 Å². The molecule has 0 radical (unpaired) electrons. The average molecular weight is 334 g/mol. The zero-order chi connectivity index (χ0) is 16.5. The van der Waals surface area contributed by atoms with Crippen LogP contribution >= 0.6 is 0 Å². The molecule has 1 aromatic rings. The van der Waals surface area contributed by atoms with Gasteiger partial charge < -0.3 is 24.8 Å². The fourth-order valence-corrected chi connectivity index (χ4v) is 3.89. The van der Waals surface area contributed by atoms with Crippen molar-refractivity contribution in [3.05, 3.63) is 30.1 Å². The van der Waals surface area contributed by atoms with Gasteiger partial charge in [0.25, 0.3) is 0 Å². The predicted molar refractivity (Wildman–Crippen MR) is 88.3 cm³/mol. The highest BCUT2D eigenvalue weighted by Gasteiger charge is 2.52. The van der Waals surface area contributed by atoms with Crippen LogP contribution in [0.2, 0.25) is 0 Å². The molecule has 0 amide bonds. The summed E-state index contributed by atoms with van der Waals surface area (Å²) < 4.78 is 11.9. The Balaban J connectivity index is 1.44. The third-order valence-electron chi connectivity index (χ3n) is 5.34. The molecule has 3 aliphatic heterocycles. The number of hydrogen-bond acceptors (Lipinski definition) is 7. The first-order valence-electron chi connectivity index (χ1n) is 8.73. The standard InChI is InChI=1S/C17H26N4O3/c1-20-6-8-21(9-7-20)15-16(22)14(13-11-23-17(15)24-13)19-10-12-4-2-3-5-18-12/h2-5,13-17,19,22H,6-11H2,1H3/t13-,14-,15-,16+,17-/m1/s1. The van der Waals surface area contributed by atoms with Crippen LogP contribution in [-0.2, 0) is 16.0 Å². The summed E-state index contributed by atoms with van der Waals surface area (Å²) >= 11 is 0. The zero-order valence-electron chi connectivity index (χ0n) is 14.0. The Bertz CT molecular complexity index is 538. The van der Waals surface area contributed by atoms with Crippen LogP contribution in [0.15, 0.2) is 24.4 Å². The Morgan fingerprint density at radius 2 is 2.12 bits per heavy atom. The quantitative estimate of drug-likeness (QED) is 0.752. The molecule has 1 aromatic heterocycles. The predicted octanol–water partition coefficient (Wildman–Crippen LogP) is -0.728. The monoisotopic (exact) mass is 334 g/mol. The van der Waals surface area contributed by atoms with Crippen LogP contribution in [0.25, 0.3) is 0 Å². The molecule has 3 saturated heterocycles. The Labute approximate surface area is 142 Å². The minimum absolute atomic E-state index is 0.0996. The van der Waals surface area contributed by atoms with Crippen molar-refractivity contribution in [2.75, 3.05) is 39.8 Å². The molecule has 4 heterocycles. The van der Waals surface area contributed by atoms with Gasteiger partial charge in [-0.1, -0.05) is 6.07 Å². The van der Waals surface area contributed by atoms with E-state index in [1.54, 1.807) is 6.20 Å². The fourth-order valence-electron chi connectivity index (χ4n) is 3.89. The minimum Gasteiger partial charge on any atom is -0.390 e. The van der Waals surface area contributed by atoms with E-state index in [9.17, 15) is 5.11 Å². The summed E-state index contributed by atoms with van der Waals surface area (Å²) in [5.74, 6) is 0. The smallest absolute Gasteiger partial charge is 0.176 e. The molecule has 132 valence electrons. The minimum atomic E-state index is -0.511. The molecule has 0 spiro atoms. The lowest BCUT2D eigenvalue weighted by Crippen LogP contribution is -2.66. The topological polar surface area (TPSA) is 70.1 Å². The number of nitrogens with zero attached hydrogens (tertiary/aromatic N) is 3. The summed E-state index contributed by atoms with van der Waals surface area (Å²) in [6.07, 6.45) is 0.856. The number of fused-ring (bicyclic) bond motifs is 2. The van der Waals surface area contributed by atoms with Gasteiger partial charge in [0.1, 0.15) is 6.10 Å². The summed E-state index contributed by atoms with van der Waals surface area (Å²) in [6.45, 7) is 5.02. The SMILES string of the molecule is CN1CCN([C@H]2[C@@H]3OC[C@@H](O3)[C@@H](NCc3ccccn3)[C@@H]2O)CC1. The first kappa shape index (κ1) is 16.4. The molecular formula is C17H26N4O3. The number of piperazine rings is 1. The highest BCUT2D eigenvalue weighted by Crippen LogP contribution is 2.32. The van der Waals surface area contributed by atoms with Crippen molar-refractivity contribution in [3.63, 3.8) is 0 Å². The van der Waals surface area contributed by atoms with Crippen molar-refractivity contribution in [2.24, 2.45) is 0 Å². The summed E-state index contributed by atoms with van der Waals surface area (Å²) in [7, 11) is 2.13. The molecule has 24 heavy (non-hydrogen) atoms. The maximum Gasteiger partial charge on any atom is 0.176 e. The molecular weight excluding hydrogens is 308 g/mol. The van der Waals surface area contributed by atoms with Gasteiger partial charge in [0.2, 0.25) is 0 Å². The van der Waals surface area contributed by atoms with Crippen molar-refractivity contribution in [2.45, 2.75) is 37.1 Å². The van der Waals surface area contributed by atoms with E-state index in [0.717, 1.165) is 31.9 Å². The van der Waals surface area contributed by atoms with Crippen LogP contribution < -0.4 is 5.32 Å². The van der Waals surface area contributed by atoms with Gasteiger partial charge in [-0.25, -0.2) is 0 Å². The number of ether oxygens (including phenoxy) is 2. The third-order valence-corrected chi connectivity index (χ3v) is 5.34. The van der Waals surface area contributed by atoms with Crippen LogP contribution in [-0.4, -0.2) is 90.3 Å². The Morgan fingerprint density at radius 1 is 1.29 bits per heavy atom. The van der Waals surface area contributed by atoms with Gasteiger partial charge in [0.05, 0.1) is 30.5 Å². The van der Waals surface area contributed by atoms with Crippen LogP contribution in [0, 0.1) is 0 Å². The van der Waals surface area contributed by atoms with E-state index in [4.69, 9.17) is 9.47 Å². The van der Waals surface area contributed by atoms with Crippen LogP contribution in [0.1, 0.15) is 5.69 Å². The molecule has 7 nitrogen and oxygen atoms in total. The molecule has 2 bridgehead atoms. The lowest BCUT2D eigenvalue weighted by Gasteiger charge is -2.46. The molecule has 0 saturated carbocycles. The second-order valence-corrected chi connectivity index (χ2v) is 6.92. The third kappa shape index (κ3) is 3.20. The average Bonchev–Trinajstić information content (AvgIpc) is 3.02. The summed E-state index contributed by atoms with van der Waals surface area (Å²) in [6, 6.07) is 5.60. The van der Waals surface area contributed by atoms with Crippen molar-refractivity contribution in [1.82, 2.24) is 20.1 Å². The Hall–Kier alpha value is -1.09. The molecule has 7 heteroatoms. The lowest BCUT2D eigenvalue weighted by atomic mass is 9.94. The maximum absolute atomic E-state index is 11.0. The van der Waals surface area contributed by atoms with E-state index < -0.39 is 6.10 Å². The van der Waals surface area contributed by atoms with E-state index in [1.165, 1.54) is 0 Å². The van der Waals surface area contributed by atoms with Gasteiger partial charge in [-0.05, 0) is 19.2 Å². The molecule has 0 aromatic carbocycles. The number of rotatable bonds is 4. The second kappa shape index (κ2) is 7.03. The molecule has 4 rings (SSSR count). The number of aliphatic hydroxyl groups excluding tert-OH is 1. The number of hydrogen-bond donors (Lipinski definition) is 2. The van der Waals surface area contributed by atoms with Crippen LogP contribution in [0.4, 0.5) is 0 Å². The van der Waals surface area contributed by atoms with Crippen molar-refractivity contribution in [1.29, 1.82) is 0 Å². The van der Waals surface area contributed by atoms with Gasteiger partial charge in [-0.3, -0.25) is 9.88 Å². The van der Waals surface area contributed by atoms with E-state index in [2.05, 4.69) is 27.1 Å². The second-order valence-electron chi connectivity index (χ2n) is 6.92. The number of aromatic nitrogens is 1. The number of nitrogens with one attached hydrogen (secondary N) is 1. The highest BCUT2D eigenvalue weighted by molar-refractivity contribution is 5.06. The molecule has 3 aliphatic rings. The first-order valence-corrected chi connectivity index (χ1v) is 8.73. The summed E-state index contributed by atoms with van der Waals surface area (Å²) in [5.41, 5.74) is 0.960. The molecule has 5 atom stereocenters. The van der Waals surface area contributed by atoms with Crippen molar-refractivity contribution < 1.29 is 14.6 Å². The largest absolute Gasteiger partial charge is 0.390 e. The Kier molecular flexibility index (Phi) is 4.80. The highest BCUT2D eigenvalue weighted by atomic mass is 16.7. The van der Waals surface area contributed by atoms with Gasteiger partial charge in [0, 0.05) is 38.9 Å². The van der Waals surface area contributed by atoms with Crippen molar-refractivity contribution >= 4 is 0 Å². The van der Waals surface area contributed by atoms with E-state index in [0.29, 0.717) is 13.2 Å². The van der Waals surface area contributed by atoms with Gasteiger partial charge in [-0.15, -0.1) is 0 Å². The van der Waals surface area contributed by atoms with Crippen LogP contribution in [0.3, 0.4) is 0 Å². The normalized spacial score (nSPS) is 37.7. The molecule has 3 fully saturated rings. The molecule has 0 aliphatic carbocycles. The molecule has 0 unspecified atom stereocenters. The Morgan fingerprint density at radius 3 is 2.88 bits per heavy atom. The first-order chi connectivity index (χ1) is 11.7. The number of pyridine rings is 1. The maximum atomic E-state index is 11.0. The lowest BCUT2D eigenvalue weighted by molar-refractivity contribution is -0.186. The van der Waals surface area contributed by atoms with Gasteiger partial charge >= 0.3 is 0 Å². The van der Waals surface area contributed by atoms with Crippen LogP contribution in [0.5, 0.6) is 0 Å². The zero-order valence-corrected chi connectivity index (χ0v) is 14.0. The molecule has 2 N–H and O–H groups in total. The van der Waals surface area contributed by atoms with E-state index in [-0.39, 0.29) is 24.5 Å².